The minimum absolute atomic E-state index is 0.0309. The molecule has 10 heteroatoms. The summed E-state index contributed by atoms with van der Waals surface area (Å²) in [6.45, 7) is 15.0. The third-order valence-corrected chi connectivity index (χ3v) is 9.37. The highest BCUT2D eigenvalue weighted by Gasteiger charge is 2.33. The van der Waals surface area contributed by atoms with Crippen molar-refractivity contribution in [2.24, 2.45) is 11.3 Å². The molecule has 0 saturated carbocycles. The van der Waals surface area contributed by atoms with Crippen LogP contribution in [0.1, 0.15) is 133 Å². The minimum Gasteiger partial charge on any atom is -0.508 e. The van der Waals surface area contributed by atoms with Gasteiger partial charge in [0.15, 0.2) is 0 Å². The number of hydrogen-bond donors (Lipinski definition) is 3. The van der Waals surface area contributed by atoms with Crippen LogP contribution in [0.4, 0.5) is 0 Å². The van der Waals surface area contributed by atoms with Gasteiger partial charge in [-0.15, -0.1) is 11.3 Å². The Bertz CT molecular complexity index is 1210. The Morgan fingerprint density at radius 2 is 1.70 bits per heavy atom. The van der Waals surface area contributed by atoms with Crippen LogP contribution >= 0.6 is 11.3 Å². The lowest BCUT2D eigenvalue weighted by molar-refractivity contribution is -0.147. The highest BCUT2D eigenvalue weighted by atomic mass is 32.1. The van der Waals surface area contributed by atoms with Crippen molar-refractivity contribution in [3.05, 3.63) is 45.9 Å². The summed E-state index contributed by atoms with van der Waals surface area (Å²) < 4.78 is 6.21. The Labute approximate surface area is 280 Å². The monoisotopic (exact) mass is 659 g/mol. The number of aromatic hydroxyl groups is 1. The number of hydrogen-bond acceptors (Lipinski definition) is 7. The van der Waals surface area contributed by atoms with Crippen LogP contribution in [-0.2, 0) is 20.7 Å². The van der Waals surface area contributed by atoms with Crippen LogP contribution in [0.15, 0.2) is 29.6 Å². The number of amides is 2. The second-order valence-corrected chi connectivity index (χ2v) is 14.1. The molecule has 3 atom stereocenters. The lowest BCUT2D eigenvalue weighted by atomic mass is 9.84. The smallest absolute Gasteiger partial charge is 0.309 e. The summed E-state index contributed by atoms with van der Waals surface area (Å²) in [5.74, 6) is -0.787. The second kappa shape index (κ2) is 19.6. The maximum absolute atomic E-state index is 13.5. The molecule has 0 spiro atoms. The van der Waals surface area contributed by atoms with Gasteiger partial charge in [-0.05, 0) is 70.1 Å². The van der Waals surface area contributed by atoms with E-state index in [1.54, 1.807) is 43.5 Å². The van der Waals surface area contributed by atoms with Crippen LogP contribution in [0.5, 0.6) is 5.75 Å². The van der Waals surface area contributed by atoms with E-state index in [0.29, 0.717) is 30.9 Å². The molecule has 1 heterocycles. The molecule has 1 aromatic heterocycles. The van der Waals surface area contributed by atoms with Gasteiger partial charge in [-0.3, -0.25) is 14.4 Å². The van der Waals surface area contributed by atoms with E-state index in [-0.39, 0.29) is 47.7 Å². The number of carbonyl (C=O) groups excluding carboxylic acids is 2. The molecule has 0 aliphatic rings. The number of carbonyl (C=O) groups is 3. The number of nitrogens with one attached hydrogen (secondary N) is 1. The third-order valence-electron chi connectivity index (χ3n) is 8.43. The van der Waals surface area contributed by atoms with Crippen molar-refractivity contribution in [2.75, 3.05) is 13.2 Å². The summed E-state index contributed by atoms with van der Waals surface area (Å²) in [5, 5.41) is 24.9. The van der Waals surface area contributed by atoms with Crippen molar-refractivity contribution in [1.82, 2.24) is 15.2 Å². The van der Waals surface area contributed by atoms with E-state index in [2.05, 4.69) is 37.9 Å². The van der Waals surface area contributed by atoms with Crippen LogP contribution in [0.2, 0.25) is 0 Å². The summed E-state index contributed by atoms with van der Waals surface area (Å²) in [7, 11) is 0. The van der Waals surface area contributed by atoms with Gasteiger partial charge < -0.3 is 25.2 Å². The lowest BCUT2D eigenvalue weighted by Crippen LogP contribution is -2.45. The number of unbranched alkanes of at least 4 members (excludes halogenated alkanes) is 4. The van der Waals surface area contributed by atoms with Crippen molar-refractivity contribution in [2.45, 2.75) is 131 Å². The van der Waals surface area contributed by atoms with Gasteiger partial charge in [-0.1, -0.05) is 65.5 Å². The number of aliphatic carboxylic acids is 1. The summed E-state index contributed by atoms with van der Waals surface area (Å²) >= 11 is 1.37. The molecular weight excluding hydrogens is 602 g/mol. The van der Waals surface area contributed by atoms with Crippen molar-refractivity contribution < 1.29 is 29.3 Å². The summed E-state index contributed by atoms with van der Waals surface area (Å²) in [6.07, 6.45) is 7.55. The lowest BCUT2D eigenvalue weighted by Gasteiger charge is -2.36. The number of benzene rings is 1. The molecule has 0 aliphatic heterocycles. The third kappa shape index (κ3) is 12.7. The first-order valence-electron chi connectivity index (χ1n) is 17.0. The Kier molecular flexibility index (Phi) is 16.7. The highest BCUT2D eigenvalue weighted by Crippen LogP contribution is 2.32. The summed E-state index contributed by atoms with van der Waals surface area (Å²) in [6, 6.07) is 6.17. The number of nitrogens with zero attached hydrogens (tertiary/aromatic N) is 2. The van der Waals surface area contributed by atoms with E-state index in [9.17, 15) is 24.6 Å². The molecule has 3 N–H and O–H groups in total. The van der Waals surface area contributed by atoms with Crippen molar-refractivity contribution >= 4 is 29.1 Å². The van der Waals surface area contributed by atoms with Gasteiger partial charge in [-0.25, -0.2) is 4.98 Å². The molecule has 3 unspecified atom stereocenters. The van der Waals surface area contributed by atoms with Gasteiger partial charge in [0, 0.05) is 43.5 Å². The number of phenolic OH excluding ortho intramolecular Hbond substituents is 1. The van der Waals surface area contributed by atoms with Crippen molar-refractivity contribution in [1.29, 1.82) is 0 Å². The van der Waals surface area contributed by atoms with Gasteiger partial charge in [0.05, 0.1) is 5.41 Å². The zero-order chi connectivity index (χ0) is 34.3. The fourth-order valence-electron chi connectivity index (χ4n) is 5.67. The Balaban J connectivity index is 2.29. The molecule has 0 aliphatic carbocycles. The number of carboxylic acids is 1. The van der Waals surface area contributed by atoms with E-state index < -0.39 is 17.4 Å². The fourth-order valence-corrected chi connectivity index (χ4v) is 6.53. The van der Waals surface area contributed by atoms with Gasteiger partial charge in [0.25, 0.3) is 5.91 Å². The second-order valence-electron chi connectivity index (χ2n) is 13.2. The zero-order valence-corrected chi connectivity index (χ0v) is 29.8. The standard InChI is InChI=1S/C36H57N3O6S/c1-8-11-13-14-20-39(32(41)15-12-9-2)30(25(4)5)22-31(45-10-3)34-38-29(24-46-34)33(42)37-27(23-36(6,7)35(43)44)21-26-16-18-28(40)19-17-26/h16-19,24-25,27,30-31,40H,8-15,20-23H2,1-7H3,(H,37,42)(H,43,44). The molecule has 0 fully saturated rings. The van der Waals surface area contributed by atoms with Gasteiger partial charge in [-0.2, -0.15) is 0 Å². The van der Waals surface area contributed by atoms with Crippen LogP contribution in [-0.4, -0.2) is 63.1 Å². The van der Waals surface area contributed by atoms with Gasteiger partial charge in [0.1, 0.15) is 22.6 Å². The molecule has 258 valence electrons. The summed E-state index contributed by atoms with van der Waals surface area (Å²) in [4.78, 5) is 45.6. The maximum Gasteiger partial charge on any atom is 0.309 e. The molecule has 1 aromatic carbocycles. The number of phenols is 1. The number of ether oxygens (including phenoxy) is 1. The van der Waals surface area contributed by atoms with Crippen LogP contribution < -0.4 is 5.32 Å². The van der Waals surface area contributed by atoms with E-state index in [4.69, 9.17) is 9.72 Å². The number of aromatic nitrogens is 1. The Morgan fingerprint density at radius 1 is 1.02 bits per heavy atom. The summed E-state index contributed by atoms with van der Waals surface area (Å²) in [5.41, 5.74) is 0.0579. The van der Waals surface area contributed by atoms with Crippen LogP contribution in [0, 0.1) is 11.3 Å². The molecule has 2 aromatic rings. The van der Waals surface area contributed by atoms with Gasteiger partial charge >= 0.3 is 5.97 Å². The maximum atomic E-state index is 13.5. The predicted octanol–water partition coefficient (Wildman–Crippen LogP) is 7.78. The van der Waals surface area contributed by atoms with Gasteiger partial charge in [0.2, 0.25) is 5.91 Å². The molecule has 0 radical (unpaired) electrons. The first kappa shape index (κ1) is 39.2. The molecule has 0 saturated heterocycles. The predicted molar refractivity (Wildman–Crippen MR) is 184 cm³/mol. The molecule has 9 nitrogen and oxygen atoms in total. The molecule has 0 bridgehead atoms. The molecule has 2 rings (SSSR count). The first-order chi connectivity index (χ1) is 21.8. The Hall–Kier alpha value is -2.98. The van der Waals surface area contributed by atoms with Crippen molar-refractivity contribution in [3.63, 3.8) is 0 Å². The number of carboxylic acid groups (broad SMARTS) is 1. The molecule has 46 heavy (non-hydrogen) atoms. The molecule has 2 amide bonds. The average molecular weight is 660 g/mol. The zero-order valence-electron chi connectivity index (χ0n) is 29.0. The highest BCUT2D eigenvalue weighted by molar-refractivity contribution is 7.09. The van der Waals surface area contributed by atoms with Crippen LogP contribution in [0.25, 0.3) is 0 Å². The number of thiazole rings is 1. The minimum atomic E-state index is -1.06. The van der Waals surface area contributed by atoms with E-state index >= 15 is 0 Å². The fraction of sp³-hybridized carbons (Fsp3) is 0.667. The van der Waals surface area contributed by atoms with E-state index in [0.717, 1.165) is 50.6 Å². The topological polar surface area (TPSA) is 129 Å². The quantitative estimate of drug-likeness (QED) is 0.110. The van der Waals surface area contributed by atoms with E-state index in [1.165, 1.54) is 11.3 Å². The SMILES string of the molecule is CCCCCCN(C(=O)CCCC)C(CC(OCC)c1nc(C(=O)NC(Cc2ccc(O)cc2)CC(C)(C)C(=O)O)cs1)C(C)C. The van der Waals surface area contributed by atoms with Crippen molar-refractivity contribution in [3.8, 4) is 5.75 Å². The average Bonchev–Trinajstić information content (AvgIpc) is 3.50. The number of rotatable bonds is 22. The van der Waals surface area contributed by atoms with Crippen LogP contribution in [0.3, 0.4) is 0 Å². The normalized spacial score (nSPS) is 13.7. The largest absolute Gasteiger partial charge is 0.508 e. The first-order valence-corrected chi connectivity index (χ1v) is 17.9. The molecular formula is C36H57N3O6S. The Morgan fingerprint density at radius 3 is 2.28 bits per heavy atom. The van der Waals surface area contributed by atoms with E-state index in [1.807, 2.05) is 6.92 Å².